The second kappa shape index (κ2) is 4.37. The molecule has 6 nitrogen and oxygen atoms in total. The molecule has 0 bridgehead atoms. The van der Waals surface area contributed by atoms with Gasteiger partial charge in [0.1, 0.15) is 0 Å². The molecular formula is C9H9N5O. The van der Waals surface area contributed by atoms with Gasteiger partial charge >= 0.3 is 0 Å². The van der Waals surface area contributed by atoms with Crippen molar-refractivity contribution in [2.45, 2.75) is 19.3 Å². The first-order valence-electron chi connectivity index (χ1n) is 4.59. The summed E-state index contributed by atoms with van der Waals surface area (Å²) in [5, 5.41) is 12.1. The van der Waals surface area contributed by atoms with Crippen LogP contribution in [0.1, 0.15) is 18.7 Å². The minimum Gasteiger partial charge on any atom is -0.342 e. The molecule has 0 aliphatic carbocycles. The topological polar surface area (TPSA) is 91.4 Å². The molecule has 0 spiro atoms. The van der Waals surface area contributed by atoms with E-state index in [2.05, 4.69) is 26.2 Å². The van der Waals surface area contributed by atoms with E-state index < -0.39 is 0 Å². The summed E-state index contributed by atoms with van der Waals surface area (Å²) >= 11 is 0. The summed E-state index contributed by atoms with van der Waals surface area (Å²) in [4.78, 5) is 11.0. The number of aromatic nitrogens is 4. The van der Waals surface area contributed by atoms with Crippen LogP contribution in [0.25, 0.3) is 11.6 Å². The van der Waals surface area contributed by atoms with E-state index in [0.29, 0.717) is 30.4 Å². The highest BCUT2D eigenvalue weighted by atomic mass is 16.5. The van der Waals surface area contributed by atoms with Gasteiger partial charge in [0.2, 0.25) is 11.7 Å². The van der Waals surface area contributed by atoms with Gasteiger partial charge in [0.25, 0.3) is 0 Å². The van der Waals surface area contributed by atoms with E-state index in [1.165, 1.54) is 0 Å². The minimum atomic E-state index is 0.451. The summed E-state index contributed by atoms with van der Waals surface area (Å²) in [5.74, 6) is 1.58. The van der Waals surface area contributed by atoms with Crippen LogP contribution in [0.4, 0.5) is 0 Å². The van der Waals surface area contributed by atoms with E-state index in [1.54, 1.807) is 12.4 Å². The number of nitrogens with zero attached hydrogens (tertiary/aromatic N) is 4. The smallest absolute Gasteiger partial charge is 0.238 e. The Morgan fingerprint density at radius 2 is 2.47 bits per heavy atom. The Balaban J connectivity index is 2.02. The first kappa shape index (κ1) is 9.40. The standard InChI is InChI=1S/C9H9N5O/c10-4-2-1-3-7-13-9(14-15-7)8-11-5-6-12-8/h5-6H,1-3H2,(H,11,12). The fourth-order valence-corrected chi connectivity index (χ4v) is 1.16. The fraction of sp³-hybridized carbons (Fsp3) is 0.333. The first-order chi connectivity index (χ1) is 7.40. The number of nitrogens with one attached hydrogen (secondary N) is 1. The van der Waals surface area contributed by atoms with E-state index in [0.717, 1.165) is 6.42 Å². The van der Waals surface area contributed by atoms with Gasteiger partial charge < -0.3 is 9.51 Å². The number of aromatic amines is 1. The Labute approximate surface area is 86.0 Å². The van der Waals surface area contributed by atoms with Crippen molar-refractivity contribution in [2.24, 2.45) is 0 Å². The zero-order valence-electron chi connectivity index (χ0n) is 7.97. The summed E-state index contributed by atoms with van der Waals surface area (Å²) in [6, 6.07) is 2.06. The van der Waals surface area contributed by atoms with Gasteiger partial charge in [-0.15, -0.1) is 0 Å². The van der Waals surface area contributed by atoms with Crippen molar-refractivity contribution < 1.29 is 4.52 Å². The van der Waals surface area contributed by atoms with Crippen LogP contribution >= 0.6 is 0 Å². The zero-order chi connectivity index (χ0) is 10.5. The van der Waals surface area contributed by atoms with Crippen LogP contribution in [0, 0.1) is 11.3 Å². The summed E-state index contributed by atoms with van der Waals surface area (Å²) in [7, 11) is 0. The van der Waals surface area contributed by atoms with Crippen molar-refractivity contribution in [3.8, 4) is 17.7 Å². The molecule has 76 valence electrons. The lowest BCUT2D eigenvalue weighted by molar-refractivity contribution is 0.376. The summed E-state index contributed by atoms with van der Waals surface area (Å²) in [6.45, 7) is 0. The number of nitriles is 1. The van der Waals surface area contributed by atoms with Crippen LogP contribution in [0.15, 0.2) is 16.9 Å². The zero-order valence-corrected chi connectivity index (χ0v) is 7.97. The molecule has 0 saturated heterocycles. The molecule has 0 aliphatic rings. The molecule has 0 fully saturated rings. The van der Waals surface area contributed by atoms with Crippen LogP contribution in [-0.2, 0) is 6.42 Å². The van der Waals surface area contributed by atoms with E-state index in [4.69, 9.17) is 9.78 Å². The summed E-state index contributed by atoms with van der Waals surface area (Å²) in [6.07, 6.45) is 5.18. The Morgan fingerprint density at radius 1 is 1.53 bits per heavy atom. The molecule has 2 heterocycles. The molecule has 6 heteroatoms. The van der Waals surface area contributed by atoms with Crippen molar-refractivity contribution in [3.63, 3.8) is 0 Å². The second-order valence-electron chi connectivity index (χ2n) is 2.96. The molecule has 15 heavy (non-hydrogen) atoms. The van der Waals surface area contributed by atoms with Crippen LogP contribution < -0.4 is 0 Å². The predicted molar refractivity (Wildman–Crippen MR) is 50.4 cm³/mol. The van der Waals surface area contributed by atoms with Crippen molar-refractivity contribution >= 4 is 0 Å². The van der Waals surface area contributed by atoms with Crippen molar-refractivity contribution in [2.75, 3.05) is 0 Å². The van der Waals surface area contributed by atoms with Gasteiger partial charge in [0, 0.05) is 25.2 Å². The third kappa shape index (κ3) is 2.20. The first-order valence-corrected chi connectivity index (χ1v) is 4.59. The molecule has 0 unspecified atom stereocenters. The summed E-state index contributed by atoms with van der Waals surface area (Å²) in [5.41, 5.74) is 0. The maximum absolute atomic E-state index is 8.37. The molecule has 0 atom stereocenters. The van der Waals surface area contributed by atoms with E-state index in [-0.39, 0.29) is 0 Å². The molecule has 2 aromatic rings. The maximum Gasteiger partial charge on any atom is 0.238 e. The normalized spacial score (nSPS) is 10.1. The van der Waals surface area contributed by atoms with Gasteiger partial charge in [-0.2, -0.15) is 10.2 Å². The molecule has 2 rings (SSSR count). The quantitative estimate of drug-likeness (QED) is 0.756. The molecule has 2 aromatic heterocycles. The Morgan fingerprint density at radius 3 is 3.20 bits per heavy atom. The van der Waals surface area contributed by atoms with E-state index in [1.807, 2.05) is 0 Å². The lowest BCUT2D eigenvalue weighted by atomic mass is 10.2. The summed E-state index contributed by atoms with van der Waals surface area (Å²) < 4.78 is 5.00. The van der Waals surface area contributed by atoms with Gasteiger partial charge in [0.15, 0.2) is 5.82 Å². The maximum atomic E-state index is 8.37. The van der Waals surface area contributed by atoms with Gasteiger partial charge in [-0.05, 0) is 6.42 Å². The highest BCUT2D eigenvalue weighted by Crippen LogP contribution is 2.10. The SMILES string of the molecule is N#CCCCc1nc(-c2ncc[nH]2)no1. The Bertz CT molecular complexity index is 453. The van der Waals surface area contributed by atoms with Crippen LogP contribution in [0.5, 0.6) is 0 Å². The van der Waals surface area contributed by atoms with Crippen LogP contribution in [0.3, 0.4) is 0 Å². The van der Waals surface area contributed by atoms with Crippen molar-refractivity contribution in [1.82, 2.24) is 20.1 Å². The Kier molecular flexibility index (Phi) is 2.74. The van der Waals surface area contributed by atoms with Gasteiger partial charge in [-0.1, -0.05) is 5.16 Å². The molecule has 1 N–H and O–H groups in total. The van der Waals surface area contributed by atoms with Crippen LogP contribution in [-0.4, -0.2) is 20.1 Å². The minimum absolute atomic E-state index is 0.451. The van der Waals surface area contributed by atoms with Crippen molar-refractivity contribution in [3.05, 3.63) is 18.3 Å². The molecule has 0 saturated carbocycles. The number of imidazole rings is 1. The average Bonchev–Trinajstić information content (AvgIpc) is 2.87. The largest absolute Gasteiger partial charge is 0.342 e. The third-order valence-electron chi connectivity index (χ3n) is 1.86. The number of hydrogen-bond donors (Lipinski definition) is 1. The van der Waals surface area contributed by atoms with Crippen LogP contribution in [0.2, 0.25) is 0 Å². The number of aryl methyl sites for hydroxylation is 1. The molecule has 0 radical (unpaired) electrons. The van der Waals surface area contributed by atoms with Gasteiger partial charge in [-0.25, -0.2) is 4.98 Å². The number of hydrogen-bond acceptors (Lipinski definition) is 5. The Hall–Kier alpha value is -2.16. The lowest BCUT2D eigenvalue weighted by Crippen LogP contribution is -1.86. The van der Waals surface area contributed by atoms with E-state index >= 15 is 0 Å². The van der Waals surface area contributed by atoms with Gasteiger partial charge in [0.05, 0.1) is 6.07 Å². The lowest BCUT2D eigenvalue weighted by Gasteiger charge is -1.86. The monoisotopic (exact) mass is 203 g/mol. The average molecular weight is 203 g/mol. The number of rotatable bonds is 4. The van der Waals surface area contributed by atoms with E-state index in [9.17, 15) is 0 Å². The predicted octanol–water partition coefficient (Wildman–Crippen LogP) is 1.31. The highest BCUT2D eigenvalue weighted by molar-refractivity contribution is 5.40. The molecule has 0 aliphatic heterocycles. The fourth-order valence-electron chi connectivity index (χ4n) is 1.16. The number of unbranched alkanes of at least 4 members (excludes halogenated alkanes) is 1. The molecule has 0 amide bonds. The molecule has 0 aromatic carbocycles. The van der Waals surface area contributed by atoms with Gasteiger partial charge in [-0.3, -0.25) is 0 Å². The van der Waals surface area contributed by atoms with Crippen molar-refractivity contribution in [1.29, 1.82) is 5.26 Å². The molecular weight excluding hydrogens is 194 g/mol. The second-order valence-corrected chi connectivity index (χ2v) is 2.96. The highest BCUT2D eigenvalue weighted by Gasteiger charge is 2.09. The third-order valence-corrected chi connectivity index (χ3v) is 1.86. The number of H-pyrrole nitrogens is 1.